The largest absolute Gasteiger partial charge is 0.456 e. The lowest BCUT2D eigenvalue weighted by Gasteiger charge is -2.12. The zero-order valence-corrected chi connectivity index (χ0v) is 32.0. The first kappa shape index (κ1) is 34.3. The number of benzene rings is 9. The predicted molar refractivity (Wildman–Crippen MR) is 243 cm³/mol. The van der Waals surface area contributed by atoms with Gasteiger partial charge in [0.25, 0.3) is 0 Å². The van der Waals surface area contributed by atoms with Crippen molar-refractivity contribution in [1.29, 1.82) is 0 Å². The number of hydrogen-bond acceptors (Lipinski definition) is 4. The maximum absolute atomic E-state index is 6.61. The fourth-order valence-electron chi connectivity index (χ4n) is 8.18. The maximum Gasteiger partial charge on any atom is 0.164 e. The van der Waals surface area contributed by atoms with Crippen molar-refractivity contribution in [1.82, 2.24) is 15.0 Å². The van der Waals surface area contributed by atoms with E-state index in [2.05, 4.69) is 188 Å². The molecule has 0 aliphatic carbocycles. The summed E-state index contributed by atoms with van der Waals surface area (Å²) < 4.78 is 6.61. The highest BCUT2D eigenvalue weighted by Crippen LogP contribution is 2.39. The summed E-state index contributed by atoms with van der Waals surface area (Å²) in [5.74, 6) is 1.78. The van der Waals surface area contributed by atoms with E-state index in [0.29, 0.717) is 17.5 Å². The van der Waals surface area contributed by atoms with Crippen LogP contribution in [-0.4, -0.2) is 15.0 Å². The highest BCUT2D eigenvalue weighted by atomic mass is 16.3. The lowest BCUT2D eigenvalue weighted by atomic mass is 9.96. The van der Waals surface area contributed by atoms with Crippen molar-refractivity contribution in [3.63, 3.8) is 0 Å². The molecule has 4 heteroatoms. The molecule has 0 radical (unpaired) electrons. The molecule has 0 atom stereocenters. The van der Waals surface area contributed by atoms with Gasteiger partial charge in [-0.2, -0.15) is 0 Å². The van der Waals surface area contributed by atoms with Crippen LogP contribution >= 0.6 is 0 Å². The van der Waals surface area contributed by atoms with E-state index in [4.69, 9.17) is 19.4 Å². The van der Waals surface area contributed by atoms with E-state index in [1.165, 1.54) is 11.1 Å². The first-order chi connectivity index (χ1) is 29.2. The number of aromatic nitrogens is 3. The van der Waals surface area contributed by atoms with E-state index < -0.39 is 0 Å². The van der Waals surface area contributed by atoms with Gasteiger partial charge in [-0.05, 0) is 85.6 Å². The van der Waals surface area contributed by atoms with Crippen LogP contribution in [0.4, 0.5) is 0 Å². The summed E-state index contributed by atoms with van der Waals surface area (Å²) in [6.07, 6.45) is 0. The van der Waals surface area contributed by atoms with Crippen molar-refractivity contribution in [3.8, 4) is 78.7 Å². The number of rotatable bonds is 7. The van der Waals surface area contributed by atoms with Crippen LogP contribution in [0, 0.1) is 0 Å². The molecule has 11 rings (SSSR count). The minimum absolute atomic E-state index is 0.574. The maximum atomic E-state index is 6.61. The lowest BCUT2D eigenvalue weighted by Crippen LogP contribution is -2.00. The topological polar surface area (TPSA) is 51.8 Å². The summed E-state index contributed by atoms with van der Waals surface area (Å²) in [5, 5.41) is 4.32. The Morgan fingerprint density at radius 3 is 1.47 bits per heavy atom. The Morgan fingerprint density at radius 2 is 0.763 bits per heavy atom. The third-order valence-electron chi connectivity index (χ3n) is 11.2. The first-order valence-corrected chi connectivity index (χ1v) is 19.8. The van der Waals surface area contributed by atoms with Gasteiger partial charge in [-0.25, -0.2) is 15.0 Å². The first-order valence-electron chi connectivity index (χ1n) is 19.8. The second kappa shape index (κ2) is 14.5. The number of hydrogen-bond donors (Lipinski definition) is 0. The number of furan rings is 1. The molecule has 11 aromatic rings. The van der Waals surface area contributed by atoms with Crippen LogP contribution in [0.25, 0.3) is 111 Å². The molecule has 4 nitrogen and oxygen atoms in total. The SMILES string of the molecule is c1ccc(-c2ccc(-c3cccc4oc5cc(-c6nc(-c7cccc(-c8ccccc8)c7)nc(-c7cccc8ccc(-c9ccccc9)cc78)n6)ccc5c34)cc2)cc1. The molecule has 2 heterocycles. The summed E-state index contributed by atoms with van der Waals surface area (Å²) >= 11 is 0. The number of nitrogens with zero attached hydrogens (tertiary/aromatic N) is 3. The van der Waals surface area contributed by atoms with Crippen LogP contribution in [0.2, 0.25) is 0 Å². The molecular weight excluding hydrogens is 719 g/mol. The van der Waals surface area contributed by atoms with Gasteiger partial charge in [0, 0.05) is 27.5 Å². The van der Waals surface area contributed by atoms with E-state index in [1.807, 2.05) is 24.3 Å². The van der Waals surface area contributed by atoms with Gasteiger partial charge < -0.3 is 4.42 Å². The zero-order valence-electron chi connectivity index (χ0n) is 32.0. The Kier molecular flexibility index (Phi) is 8.45. The Hall–Kier alpha value is -7.95. The Labute approximate surface area is 341 Å². The molecule has 59 heavy (non-hydrogen) atoms. The second-order valence-electron chi connectivity index (χ2n) is 14.8. The van der Waals surface area contributed by atoms with E-state index in [0.717, 1.165) is 82.8 Å². The lowest BCUT2D eigenvalue weighted by molar-refractivity contribution is 0.669. The average Bonchev–Trinajstić information content (AvgIpc) is 3.70. The molecule has 0 saturated carbocycles. The molecular formula is C55H35N3O. The molecule has 9 aromatic carbocycles. The van der Waals surface area contributed by atoms with Crippen molar-refractivity contribution >= 4 is 32.7 Å². The fraction of sp³-hybridized carbons (Fsp3) is 0. The standard InChI is InChI=1S/C55H35N3O/c1-4-13-36(14-5-1)39-25-27-41(28-26-39)46-22-12-24-50-52(46)48-32-31-45(35-51(48)59-50)54-56-53(44-21-10-20-42(33-44)37-15-6-2-7-16-37)57-55(58-54)47-23-11-19-40-29-30-43(34-49(40)47)38-17-8-3-9-18-38/h1-35H. The van der Waals surface area contributed by atoms with Crippen LogP contribution in [0.3, 0.4) is 0 Å². The fourth-order valence-corrected chi connectivity index (χ4v) is 8.18. The summed E-state index contributed by atoms with van der Waals surface area (Å²) in [6, 6.07) is 74.0. The average molecular weight is 754 g/mol. The van der Waals surface area contributed by atoms with Crippen LogP contribution in [0.1, 0.15) is 0 Å². The normalized spacial score (nSPS) is 11.4. The van der Waals surface area contributed by atoms with Crippen molar-refractivity contribution in [2.24, 2.45) is 0 Å². The van der Waals surface area contributed by atoms with Gasteiger partial charge in [0.05, 0.1) is 0 Å². The van der Waals surface area contributed by atoms with Gasteiger partial charge >= 0.3 is 0 Å². The van der Waals surface area contributed by atoms with E-state index in [1.54, 1.807) is 0 Å². The highest BCUT2D eigenvalue weighted by Gasteiger charge is 2.18. The predicted octanol–water partition coefficient (Wildman–Crippen LogP) is 14.6. The summed E-state index contributed by atoms with van der Waals surface area (Å²) in [4.78, 5) is 15.6. The van der Waals surface area contributed by atoms with Crippen LogP contribution in [0.15, 0.2) is 217 Å². The van der Waals surface area contributed by atoms with Gasteiger partial charge in [-0.1, -0.05) is 182 Å². The van der Waals surface area contributed by atoms with Crippen molar-refractivity contribution in [2.45, 2.75) is 0 Å². The van der Waals surface area contributed by atoms with Gasteiger partial charge in [0.1, 0.15) is 11.2 Å². The van der Waals surface area contributed by atoms with Crippen LogP contribution in [-0.2, 0) is 0 Å². The molecule has 0 N–H and O–H groups in total. The minimum Gasteiger partial charge on any atom is -0.456 e. The summed E-state index contributed by atoms with van der Waals surface area (Å²) in [5.41, 5.74) is 13.5. The smallest absolute Gasteiger partial charge is 0.164 e. The molecule has 2 aromatic heterocycles. The van der Waals surface area contributed by atoms with Crippen molar-refractivity contribution in [3.05, 3.63) is 212 Å². The monoisotopic (exact) mass is 753 g/mol. The second-order valence-corrected chi connectivity index (χ2v) is 14.8. The molecule has 0 spiro atoms. The quantitative estimate of drug-likeness (QED) is 0.163. The molecule has 276 valence electrons. The van der Waals surface area contributed by atoms with E-state index >= 15 is 0 Å². The third-order valence-corrected chi connectivity index (χ3v) is 11.2. The summed E-state index contributed by atoms with van der Waals surface area (Å²) in [7, 11) is 0. The van der Waals surface area contributed by atoms with Crippen LogP contribution in [0.5, 0.6) is 0 Å². The van der Waals surface area contributed by atoms with Crippen LogP contribution < -0.4 is 0 Å². The highest BCUT2D eigenvalue weighted by molar-refractivity contribution is 6.13. The Bertz CT molecular complexity index is 3300. The molecule has 0 aliphatic rings. The van der Waals surface area contributed by atoms with Gasteiger partial charge in [-0.15, -0.1) is 0 Å². The molecule has 0 fully saturated rings. The van der Waals surface area contributed by atoms with Crippen molar-refractivity contribution in [2.75, 3.05) is 0 Å². The third kappa shape index (κ3) is 6.43. The Morgan fingerprint density at radius 1 is 0.271 bits per heavy atom. The zero-order chi connectivity index (χ0) is 39.1. The molecule has 0 bridgehead atoms. The Balaban J connectivity index is 1.06. The van der Waals surface area contributed by atoms with Gasteiger partial charge in [0.2, 0.25) is 0 Å². The van der Waals surface area contributed by atoms with E-state index in [-0.39, 0.29) is 0 Å². The van der Waals surface area contributed by atoms with Crippen molar-refractivity contribution < 1.29 is 4.42 Å². The molecule has 0 amide bonds. The summed E-state index contributed by atoms with van der Waals surface area (Å²) in [6.45, 7) is 0. The molecule has 0 saturated heterocycles. The number of fused-ring (bicyclic) bond motifs is 4. The minimum atomic E-state index is 0.574. The molecule has 0 unspecified atom stereocenters. The van der Waals surface area contributed by atoms with Gasteiger partial charge in [-0.3, -0.25) is 0 Å². The van der Waals surface area contributed by atoms with E-state index in [9.17, 15) is 0 Å². The molecule has 0 aliphatic heterocycles. The van der Waals surface area contributed by atoms with Gasteiger partial charge in [0.15, 0.2) is 17.5 Å².